The second-order valence-electron chi connectivity index (χ2n) is 14.0. The highest BCUT2D eigenvalue weighted by atomic mass is 19.4. The van der Waals surface area contributed by atoms with Crippen molar-refractivity contribution < 1.29 is 13.2 Å². The SMILES string of the molecule is N#Cc1ccc(-n2c3ccc(C#N)cc3c3cc(C#N)ccc32)c(-c2cc(-n3c4ccc(C#N)cc4c4cc(C#N)ccc43)ccc2-c2ccc(C#N)cc2C(F)(F)F)c1. The van der Waals surface area contributed by atoms with E-state index in [4.69, 9.17) is 0 Å². The first-order valence-corrected chi connectivity index (χ1v) is 18.2. The molecule has 0 fully saturated rings. The van der Waals surface area contributed by atoms with Crippen molar-refractivity contribution in [2.75, 3.05) is 0 Å². The highest BCUT2D eigenvalue weighted by Gasteiger charge is 2.35. The van der Waals surface area contributed by atoms with E-state index in [1.165, 1.54) is 12.1 Å². The molecule has 60 heavy (non-hydrogen) atoms. The lowest BCUT2D eigenvalue weighted by atomic mass is 9.89. The fourth-order valence-corrected chi connectivity index (χ4v) is 8.09. The van der Waals surface area contributed by atoms with Gasteiger partial charge < -0.3 is 9.13 Å². The molecule has 0 aliphatic carbocycles. The summed E-state index contributed by atoms with van der Waals surface area (Å²) in [6, 6.07) is 46.7. The van der Waals surface area contributed by atoms with Crippen LogP contribution < -0.4 is 0 Å². The molecule has 0 saturated carbocycles. The molecule has 0 N–H and O–H groups in total. The van der Waals surface area contributed by atoms with E-state index < -0.39 is 11.7 Å². The summed E-state index contributed by atoms with van der Waals surface area (Å²) < 4.78 is 48.8. The van der Waals surface area contributed by atoms with Crippen molar-refractivity contribution in [1.29, 1.82) is 31.6 Å². The number of halogens is 3. The maximum atomic E-state index is 15.0. The Kier molecular flexibility index (Phi) is 8.40. The Morgan fingerprint density at radius 2 is 0.733 bits per heavy atom. The number of benzene rings is 7. The van der Waals surface area contributed by atoms with Gasteiger partial charge in [0.15, 0.2) is 0 Å². The molecule has 0 bridgehead atoms. The predicted molar refractivity (Wildman–Crippen MR) is 219 cm³/mol. The molecule has 0 amide bonds. The van der Waals surface area contributed by atoms with E-state index in [1.807, 2.05) is 15.2 Å². The summed E-state index contributed by atoms with van der Waals surface area (Å²) in [4.78, 5) is 0. The van der Waals surface area contributed by atoms with Crippen LogP contribution in [0.4, 0.5) is 13.2 Å². The summed E-state index contributed by atoms with van der Waals surface area (Å²) in [6.45, 7) is 0. The summed E-state index contributed by atoms with van der Waals surface area (Å²) in [5.41, 5.74) is 4.88. The molecule has 278 valence electrons. The second kappa shape index (κ2) is 13.8. The summed E-state index contributed by atoms with van der Waals surface area (Å²) in [6.07, 6.45) is -4.86. The van der Waals surface area contributed by atoms with Crippen LogP contribution in [-0.4, -0.2) is 9.13 Å². The van der Waals surface area contributed by atoms with E-state index in [-0.39, 0.29) is 22.3 Å². The van der Waals surface area contributed by atoms with Crippen molar-refractivity contribution in [2.45, 2.75) is 6.18 Å². The van der Waals surface area contributed by atoms with Crippen LogP contribution in [0.2, 0.25) is 0 Å². The quantitative estimate of drug-likeness (QED) is 0.173. The van der Waals surface area contributed by atoms with E-state index in [1.54, 1.807) is 109 Å². The van der Waals surface area contributed by atoms with Crippen LogP contribution in [-0.2, 0) is 6.18 Å². The Labute approximate surface area is 339 Å². The van der Waals surface area contributed by atoms with Gasteiger partial charge in [-0.05, 0) is 132 Å². The van der Waals surface area contributed by atoms with Crippen molar-refractivity contribution >= 4 is 43.6 Å². The highest BCUT2D eigenvalue weighted by Crippen LogP contribution is 2.46. The smallest absolute Gasteiger partial charge is 0.309 e. The predicted octanol–water partition coefficient (Wildman–Crippen LogP) is 11.5. The molecule has 0 aliphatic heterocycles. The summed E-state index contributed by atoms with van der Waals surface area (Å²) >= 11 is 0. The Bertz CT molecular complexity index is 3480. The molecular formula is C49H21F3N8. The number of aromatic nitrogens is 2. The summed E-state index contributed by atoms with van der Waals surface area (Å²) in [5.74, 6) is 0. The Balaban J connectivity index is 1.43. The number of alkyl halides is 3. The standard InChI is InChI=1S/C49H21F3N8/c50-49(51,52)43-20-33(27-58)1-8-36(43)35-9-7-34(59-44-10-2-29(23-54)16-39(44)40-17-30(24-55)3-11-45(40)59)21-37(35)38-15-28(22-53)4-12-46(38)60-47-13-5-31(25-56)18-41(47)42-19-32(26-57)6-14-48(42)60/h1-21H. The third kappa shape index (κ3) is 5.72. The molecule has 0 spiro atoms. The first-order chi connectivity index (χ1) is 29.1. The molecule has 2 aromatic heterocycles. The van der Waals surface area contributed by atoms with Gasteiger partial charge in [-0.1, -0.05) is 12.1 Å². The minimum absolute atomic E-state index is 0.158. The van der Waals surface area contributed by atoms with Gasteiger partial charge in [-0.15, -0.1) is 0 Å². The van der Waals surface area contributed by atoms with Gasteiger partial charge in [-0.2, -0.15) is 44.7 Å². The molecule has 0 aliphatic rings. The molecular weight excluding hydrogens is 758 g/mol. The summed E-state index contributed by atoms with van der Waals surface area (Å²) in [7, 11) is 0. The fraction of sp³-hybridized carbons (Fsp3) is 0.0204. The van der Waals surface area contributed by atoms with Gasteiger partial charge in [0.25, 0.3) is 0 Å². The molecule has 0 saturated heterocycles. The largest absolute Gasteiger partial charge is 0.417 e. The van der Waals surface area contributed by atoms with Gasteiger partial charge in [-0.25, -0.2) is 0 Å². The zero-order valence-electron chi connectivity index (χ0n) is 30.8. The normalized spacial score (nSPS) is 11.2. The monoisotopic (exact) mass is 778 g/mol. The number of fused-ring (bicyclic) bond motifs is 6. The average Bonchev–Trinajstić information content (AvgIpc) is 3.78. The van der Waals surface area contributed by atoms with Gasteiger partial charge in [0.05, 0.1) is 103 Å². The van der Waals surface area contributed by atoms with E-state index in [0.717, 1.165) is 6.07 Å². The van der Waals surface area contributed by atoms with Crippen molar-refractivity contribution in [3.05, 3.63) is 166 Å². The lowest BCUT2D eigenvalue weighted by Crippen LogP contribution is -2.08. The molecule has 2 heterocycles. The Morgan fingerprint density at radius 1 is 0.350 bits per heavy atom. The van der Waals surface area contributed by atoms with Crippen LogP contribution >= 0.6 is 0 Å². The molecule has 9 rings (SSSR count). The van der Waals surface area contributed by atoms with Crippen molar-refractivity contribution in [3.63, 3.8) is 0 Å². The molecule has 0 unspecified atom stereocenters. The van der Waals surface area contributed by atoms with Crippen LogP contribution in [0.5, 0.6) is 0 Å². The average molecular weight is 779 g/mol. The molecule has 0 atom stereocenters. The van der Waals surface area contributed by atoms with Crippen LogP contribution in [0.25, 0.3) is 77.2 Å². The third-order valence-electron chi connectivity index (χ3n) is 10.7. The first-order valence-electron chi connectivity index (χ1n) is 18.2. The topological polar surface area (TPSA) is 153 Å². The second-order valence-corrected chi connectivity index (χ2v) is 14.0. The van der Waals surface area contributed by atoms with Crippen LogP contribution in [0, 0.1) is 68.0 Å². The number of rotatable bonds is 4. The molecule has 9 aromatic rings. The fourth-order valence-electron chi connectivity index (χ4n) is 8.09. The molecule has 7 aromatic carbocycles. The number of hydrogen-bond donors (Lipinski definition) is 0. The van der Waals surface area contributed by atoms with E-state index >= 15 is 13.2 Å². The third-order valence-corrected chi connectivity index (χ3v) is 10.7. The minimum Gasteiger partial charge on any atom is -0.309 e. The van der Waals surface area contributed by atoms with Gasteiger partial charge in [0, 0.05) is 32.8 Å². The zero-order chi connectivity index (χ0) is 41.9. The molecule has 8 nitrogen and oxygen atoms in total. The molecule has 11 heteroatoms. The lowest BCUT2D eigenvalue weighted by Gasteiger charge is -2.21. The van der Waals surface area contributed by atoms with Gasteiger partial charge in [0.1, 0.15) is 0 Å². The van der Waals surface area contributed by atoms with Crippen molar-refractivity contribution in [2.24, 2.45) is 0 Å². The van der Waals surface area contributed by atoms with Crippen LogP contribution in [0.15, 0.2) is 127 Å². The van der Waals surface area contributed by atoms with E-state index in [0.29, 0.717) is 88.4 Å². The van der Waals surface area contributed by atoms with E-state index in [9.17, 15) is 31.6 Å². The lowest BCUT2D eigenvalue weighted by molar-refractivity contribution is -0.137. The maximum Gasteiger partial charge on any atom is 0.417 e. The number of nitriles is 6. The Hall–Kier alpha value is -9.13. The van der Waals surface area contributed by atoms with Crippen LogP contribution in [0.3, 0.4) is 0 Å². The number of nitrogens with zero attached hydrogens (tertiary/aromatic N) is 8. The first kappa shape index (κ1) is 36.5. The minimum atomic E-state index is -4.86. The van der Waals surface area contributed by atoms with Gasteiger partial charge >= 0.3 is 6.18 Å². The summed E-state index contributed by atoms with van der Waals surface area (Å²) in [5, 5.41) is 61.8. The van der Waals surface area contributed by atoms with Gasteiger partial charge in [0.2, 0.25) is 0 Å². The molecule has 0 radical (unpaired) electrons. The number of hydrogen-bond acceptors (Lipinski definition) is 6. The Morgan fingerprint density at radius 3 is 1.18 bits per heavy atom. The highest BCUT2D eigenvalue weighted by molar-refractivity contribution is 6.12. The van der Waals surface area contributed by atoms with E-state index in [2.05, 4.69) is 30.3 Å². The maximum absolute atomic E-state index is 15.0. The van der Waals surface area contributed by atoms with Gasteiger partial charge in [-0.3, -0.25) is 0 Å². The van der Waals surface area contributed by atoms with Crippen LogP contribution in [0.1, 0.15) is 38.9 Å². The van der Waals surface area contributed by atoms with Crippen molar-refractivity contribution in [1.82, 2.24) is 9.13 Å². The van der Waals surface area contributed by atoms with Crippen molar-refractivity contribution in [3.8, 4) is 70.0 Å². The zero-order valence-corrected chi connectivity index (χ0v) is 30.8.